The smallest absolute Gasteiger partial charge is 0.343 e. The first kappa shape index (κ1) is 46.0. The number of fused-ring (bicyclic) bond motifs is 1. The minimum absolute atomic E-state index is 0.383. The summed E-state index contributed by atoms with van der Waals surface area (Å²) in [6.45, 7) is 7.79. The van der Waals surface area contributed by atoms with E-state index < -0.39 is 11.9 Å². The molecule has 0 bridgehead atoms. The lowest BCUT2D eigenvalue weighted by Gasteiger charge is -2.12. The molecular formula is C55H60N2O6. The Bertz CT molecular complexity index is 2400. The predicted molar refractivity (Wildman–Crippen MR) is 257 cm³/mol. The van der Waals surface area contributed by atoms with Gasteiger partial charge in [-0.15, -0.1) is 0 Å². The zero-order valence-corrected chi connectivity index (χ0v) is 37.0. The van der Waals surface area contributed by atoms with Crippen molar-refractivity contribution in [2.75, 3.05) is 13.2 Å². The van der Waals surface area contributed by atoms with E-state index in [0.717, 1.165) is 76.4 Å². The number of nitrogens with zero attached hydrogens (tertiary/aromatic N) is 2. The Balaban J connectivity index is 0.969. The Morgan fingerprint density at radius 3 is 1.40 bits per heavy atom. The fourth-order valence-electron chi connectivity index (χ4n) is 7.04. The van der Waals surface area contributed by atoms with Crippen LogP contribution in [0, 0.1) is 6.92 Å². The van der Waals surface area contributed by atoms with Crippen LogP contribution >= 0.6 is 0 Å². The molecule has 0 radical (unpaired) electrons. The van der Waals surface area contributed by atoms with Crippen LogP contribution in [0.25, 0.3) is 10.8 Å². The minimum Gasteiger partial charge on any atom is -0.494 e. The molecule has 326 valence electrons. The highest BCUT2D eigenvalue weighted by molar-refractivity contribution is 5.96. The van der Waals surface area contributed by atoms with E-state index in [1.165, 1.54) is 64.2 Å². The third kappa shape index (κ3) is 14.8. The van der Waals surface area contributed by atoms with E-state index in [0.29, 0.717) is 22.6 Å². The fraction of sp³-hybridized carbons (Fsp3) is 0.309. The third-order valence-corrected chi connectivity index (χ3v) is 10.9. The van der Waals surface area contributed by atoms with Gasteiger partial charge in [-0.2, -0.15) is 0 Å². The number of hydrogen-bond donors (Lipinski definition) is 0. The highest BCUT2D eigenvalue weighted by atomic mass is 16.5. The van der Waals surface area contributed by atoms with Crippen molar-refractivity contribution in [3.8, 4) is 23.0 Å². The molecule has 0 aliphatic carbocycles. The van der Waals surface area contributed by atoms with Crippen LogP contribution in [0.5, 0.6) is 23.0 Å². The normalized spacial score (nSPS) is 11.3. The highest BCUT2D eigenvalue weighted by Gasteiger charge is 2.14. The molecule has 0 heterocycles. The summed E-state index contributed by atoms with van der Waals surface area (Å²) in [6.07, 6.45) is 18.3. The molecule has 6 rings (SSSR count). The van der Waals surface area contributed by atoms with E-state index >= 15 is 0 Å². The molecule has 0 saturated carbocycles. The molecule has 8 heteroatoms. The Morgan fingerprint density at radius 1 is 0.476 bits per heavy atom. The van der Waals surface area contributed by atoms with E-state index in [-0.39, 0.29) is 0 Å². The lowest BCUT2D eigenvalue weighted by Crippen LogP contribution is -2.10. The number of esters is 2. The molecule has 0 atom stereocenters. The summed E-state index contributed by atoms with van der Waals surface area (Å²) in [5.41, 5.74) is 4.90. The SMILES string of the molecule is CCCCCCCCOc1ccc(N=Cc2ccc(C(=O)Oc3ccc4ccc(OC(=O)c5ccc(C=Nc6ccc(OCCCCCCCC)cc6)cc5)c(C)c4c3)cc2)cc1. The molecule has 0 N–H and O–H groups in total. The van der Waals surface area contributed by atoms with Gasteiger partial charge in [0.05, 0.1) is 35.7 Å². The lowest BCUT2D eigenvalue weighted by atomic mass is 10.0. The zero-order chi connectivity index (χ0) is 44.1. The lowest BCUT2D eigenvalue weighted by molar-refractivity contribution is 0.0725. The van der Waals surface area contributed by atoms with Gasteiger partial charge in [0.15, 0.2) is 0 Å². The van der Waals surface area contributed by atoms with Gasteiger partial charge < -0.3 is 18.9 Å². The van der Waals surface area contributed by atoms with Gasteiger partial charge in [-0.1, -0.05) is 114 Å². The first-order valence-corrected chi connectivity index (χ1v) is 22.6. The second kappa shape index (κ2) is 24.8. The molecule has 0 saturated heterocycles. The number of hydrogen-bond acceptors (Lipinski definition) is 8. The van der Waals surface area contributed by atoms with E-state index in [9.17, 15) is 9.59 Å². The average molecular weight is 845 g/mol. The predicted octanol–water partition coefficient (Wildman–Crippen LogP) is 14.6. The standard InChI is InChI=1S/C55H60N2O6/c1-4-6-8-10-12-14-36-60-49-31-26-47(27-32-49)56-39-42-16-20-45(21-17-42)54(58)62-51-30-24-44-25-35-53(41(3)52(44)38-51)63-55(59)46-22-18-43(19-23-46)40-57-48-28-33-50(34-29-48)61-37-15-13-11-9-7-5-2/h16-35,38-40H,4-15,36-37H2,1-3H3. The number of ether oxygens (including phenoxy) is 4. The van der Waals surface area contributed by atoms with Crippen molar-refractivity contribution in [1.82, 2.24) is 0 Å². The molecule has 0 amide bonds. The molecule has 0 spiro atoms. The van der Waals surface area contributed by atoms with Gasteiger partial charge >= 0.3 is 11.9 Å². The molecule has 0 fully saturated rings. The first-order chi connectivity index (χ1) is 30.9. The number of aliphatic imine (C=N–C) groups is 2. The molecule has 8 nitrogen and oxygen atoms in total. The third-order valence-electron chi connectivity index (χ3n) is 10.9. The van der Waals surface area contributed by atoms with E-state index in [2.05, 4.69) is 23.8 Å². The number of carbonyl (C=O) groups excluding carboxylic acids is 2. The average Bonchev–Trinajstić information content (AvgIpc) is 3.31. The van der Waals surface area contributed by atoms with E-state index in [1.54, 1.807) is 54.9 Å². The van der Waals surface area contributed by atoms with Crippen LogP contribution in [0.3, 0.4) is 0 Å². The quantitative estimate of drug-likeness (QED) is 0.0261. The van der Waals surface area contributed by atoms with Crippen LogP contribution in [0.15, 0.2) is 137 Å². The van der Waals surface area contributed by atoms with Crippen molar-refractivity contribution in [2.45, 2.75) is 97.8 Å². The van der Waals surface area contributed by atoms with Crippen LogP contribution in [0.4, 0.5) is 11.4 Å². The Labute approximate surface area is 373 Å². The molecule has 6 aromatic rings. The second-order valence-corrected chi connectivity index (χ2v) is 15.8. The largest absolute Gasteiger partial charge is 0.494 e. The number of carbonyl (C=O) groups is 2. The maximum atomic E-state index is 13.2. The summed E-state index contributed by atoms with van der Waals surface area (Å²) >= 11 is 0. The van der Waals surface area contributed by atoms with Crippen LogP contribution in [0.1, 0.15) is 128 Å². The number of unbranched alkanes of at least 4 members (excludes halogenated alkanes) is 10. The summed E-state index contributed by atoms with van der Waals surface area (Å²) in [6, 6.07) is 38.8. The number of benzene rings is 6. The molecule has 0 aliphatic rings. The molecule has 0 aromatic heterocycles. The summed E-state index contributed by atoms with van der Waals surface area (Å²) < 4.78 is 23.4. The van der Waals surface area contributed by atoms with Crippen LogP contribution in [0.2, 0.25) is 0 Å². The van der Waals surface area contributed by atoms with Crippen molar-refractivity contribution >= 4 is 46.5 Å². The van der Waals surface area contributed by atoms with Gasteiger partial charge in [0.1, 0.15) is 23.0 Å². The molecule has 0 aliphatic heterocycles. The second-order valence-electron chi connectivity index (χ2n) is 15.8. The van der Waals surface area contributed by atoms with Gasteiger partial charge in [0, 0.05) is 12.4 Å². The number of rotatable bonds is 24. The van der Waals surface area contributed by atoms with Gasteiger partial charge in [-0.25, -0.2) is 9.59 Å². The fourth-order valence-corrected chi connectivity index (χ4v) is 7.04. The van der Waals surface area contributed by atoms with Gasteiger partial charge in [-0.05, 0) is 138 Å². The number of aryl methyl sites for hydroxylation is 1. The molecule has 6 aromatic carbocycles. The van der Waals surface area contributed by atoms with Crippen molar-refractivity contribution in [1.29, 1.82) is 0 Å². The topological polar surface area (TPSA) is 95.8 Å². The molecule has 0 unspecified atom stereocenters. The molecular weight excluding hydrogens is 785 g/mol. The summed E-state index contributed by atoms with van der Waals surface area (Å²) in [7, 11) is 0. The monoisotopic (exact) mass is 844 g/mol. The van der Waals surface area contributed by atoms with E-state index in [4.69, 9.17) is 18.9 Å². The maximum absolute atomic E-state index is 13.2. The van der Waals surface area contributed by atoms with Crippen molar-refractivity contribution in [3.63, 3.8) is 0 Å². The zero-order valence-electron chi connectivity index (χ0n) is 37.0. The van der Waals surface area contributed by atoms with Crippen LogP contribution in [-0.2, 0) is 0 Å². The van der Waals surface area contributed by atoms with Gasteiger partial charge in [-0.3, -0.25) is 9.98 Å². The first-order valence-electron chi connectivity index (χ1n) is 22.6. The molecule has 63 heavy (non-hydrogen) atoms. The summed E-state index contributed by atoms with van der Waals surface area (Å²) in [4.78, 5) is 35.5. The maximum Gasteiger partial charge on any atom is 0.343 e. The Morgan fingerprint density at radius 2 is 0.905 bits per heavy atom. The van der Waals surface area contributed by atoms with Crippen molar-refractivity contribution in [3.05, 3.63) is 155 Å². The van der Waals surface area contributed by atoms with Crippen LogP contribution < -0.4 is 18.9 Å². The minimum atomic E-state index is -0.482. The van der Waals surface area contributed by atoms with Crippen LogP contribution in [-0.4, -0.2) is 37.6 Å². The van der Waals surface area contributed by atoms with Crippen molar-refractivity contribution in [2.24, 2.45) is 9.98 Å². The van der Waals surface area contributed by atoms with Gasteiger partial charge in [0.25, 0.3) is 0 Å². The van der Waals surface area contributed by atoms with Crippen molar-refractivity contribution < 1.29 is 28.5 Å². The Kier molecular flexibility index (Phi) is 18.1. The summed E-state index contributed by atoms with van der Waals surface area (Å²) in [5.74, 6) is 1.54. The highest BCUT2D eigenvalue weighted by Crippen LogP contribution is 2.31. The van der Waals surface area contributed by atoms with Gasteiger partial charge in [0.2, 0.25) is 0 Å². The van der Waals surface area contributed by atoms with E-state index in [1.807, 2.05) is 91.9 Å². The summed E-state index contributed by atoms with van der Waals surface area (Å²) in [5, 5.41) is 1.73. The Hall–Kier alpha value is -6.54.